The first-order valence-electron chi connectivity index (χ1n) is 7.75. The number of nitrogens with zero attached hydrogens (tertiary/aromatic N) is 1. The molecule has 0 amide bonds. The van der Waals surface area contributed by atoms with Gasteiger partial charge in [0.25, 0.3) is 10.0 Å². The van der Waals surface area contributed by atoms with Crippen molar-refractivity contribution in [1.82, 2.24) is 3.97 Å². The van der Waals surface area contributed by atoms with Crippen LogP contribution < -0.4 is 5.82 Å². The largest absolute Gasteiger partial charge is 0.519 e. The number of hydrogen-bond donors (Lipinski definition) is 0. The Morgan fingerprint density at radius 1 is 0.654 bits per heavy atom. The maximum atomic E-state index is 13.4. The Hall–Kier alpha value is -3.32. The van der Waals surface area contributed by atoms with Crippen LogP contribution >= 0.6 is 0 Å². The summed E-state index contributed by atoms with van der Waals surface area (Å²) in [6.45, 7) is 0. The maximum Gasteiger partial charge on any atom is 0.519 e. The Morgan fingerprint density at radius 3 is 1.65 bits per heavy atom. The van der Waals surface area contributed by atoms with E-state index in [-0.39, 0.29) is 27.1 Å². The lowest BCUT2D eigenvalue weighted by Gasteiger charge is -2.12. The highest BCUT2D eigenvalue weighted by atomic mass is 32.2. The summed E-state index contributed by atoms with van der Waals surface area (Å²) in [7, 11) is -3.98. The van der Waals surface area contributed by atoms with Crippen molar-refractivity contribution < 1.29 is 17.3 Å². The van der Waals surface area contributed by atoms with Gasteiger partial charge in [0.15, 0.2) is 11.2 Å². The molecule has 7 heteroatoms. The maximum absolute atomic E-state index is 13.4. The molecule has 0 N–H and O–H groups in total. The first kappa shape index (κ1) is 16.2. The zero-order valence-corrected chi connectivity index (χ0v) is 14.2. The normalized spacial score (nSPS) is 11.5. The van der Waals surface area contributed by atoms with Gasteiger partial charge >= 0.3 is 5.82 Å². The Kier molecular flexibility index (Phi) is 3.85. The van der Waals surface area contributed by atoms with Gasteiger partial charge < -0.3 is 8.83 Å². The number of benzene rings is 3. The van der Waals surface area contributed by atoms with E-state index < -0.39 is 15.8 Å². The molecule has 0 aliphatic carbocycles. The van der Waals surface area contributed by atoms with Gasteiger partial charge in [-0.15, -0.1) is 0 Å². The molecular formula is C19H13NO5S. The van der Waals surface area contributed by atoms with Gasteiger partial charge in [0.05, 0.1) is 4.90 Å². The second kappa shape index (κ2) is 6.20. The average Bonchev–Trinajstić information content (AvgIpc) is 2.64. The van der Waals surface area contributed by atoms with Gasteiger partial charge in [0.1, 0.15) is 11.0 Å². The first-order chi connectivity index (χ1) is 12.6. The fourth-order valence-corrected chi connectivity index (χ4v) is 4.24. The molecular weight excluding hydrogens is 354 g/mol. The molecule has 0 bridgehead atoms. The smallest absolute Gasteiger partial charge is 0.392 e. The molecule has 0 radical (unpaired) electrons. The van der Waals surface area contributed by atoms with Crippen LogP contribution in [0.15, 0.2) is 97.4 Å². The van der Waals surface area contributed by atoms with E-state index in [4.69, 9.17) is 8.83 Å². The number of para-hydroxylation sites is 4. The molecule has 0 atom stereocenters. The number of hydrogen-bond acceptors (Lipinski definition) is 5. The zero-order chi connectivity index (χ0) is 18.1. The highest BCUT2D eigenvalue weighted by Crippen LogP contribution is 2.24. The lowest BCUT2D eigenvalue weighted by Crippen LogP contribution is -2.15. The fraction of sp³-hybridized carbons (Fsp3) is 0. The van der Waals surface area contributed by atoms with E-state index in [0.29, 0.717) is 0 Å². The van der Waals surface area contributed by atoms with Crippen molar-refractivity contribution in [1.29, 1.82) is 0 Å². The third-order valence-electron chi connectivity index (χ3n) is 3.84. The molecule has 4 rings (SSSR count). The van der Waals surface area contributed by atoms with Gasteiger partial charge in [0, 0.05) is 0 Å². The number of aromatic nitrogens is 1. The van der Waals surface area contributed by atoms with Crippen molar-refractivity contribution in [2.45, 2.75) is 4.90 Å². The number of rotatable bonds is 2. The minimum absolute atomic E-state index is 0.0894. The van der Waals surface area contributed by atoms with E-state index in [0.717, 1.165) is 3.97 Å². The first-order valence-corrected chi connectivity index (χ1v) is 9.19. The highest BCUT2D eigenvalue weighted by molar-refractivity contribution is 7.90. The van der Waals surface area contributed by atoms with E-state index in [1.807, 2.05) is 0 Å². The second-order valence-corrected chi connectivity index (χ2v) is 7.26. The summed E-state index contributed by atoms with van der Waals surface area (Å²) in [5, 5.41) is 0. The predicted molar refractivity (Wildman–Crippen MR) is 96.9 cm³/mol. The lowest BCUT2D eigenvalue weighted by atomic mass is 10.3. The molecule has 1 aromatic heterocycles. The van der Waals surface area contributed by atoms with Crippen LogP contribution in [0.4, 0.5) is 0 Å². The van der Waals surface area contributed by atoms with E-state index in [9.17, 15) is 13.2 Å². The van der Waals surface area contributed by atoms with Crippen LogP contribution in [0.25, 0.3) is 22.2 Å². The van der Waals surface area contributed by atoms with Gasteiger partial charge in [-0.25, -0.2) is 17.2 Å². The van der Waals surface area contributed by atoms with E-state index in [1.165, 1.54) is 24.3 Å². The Balaban J connectivity index is 2.30. The molecule has 0 unspecified atom stereocenters. The van der Waals surface area contributed by atoms with Crippen molar-refractivity contribution in [2.75, 3.05) is 0 Å². The predicted octanol–water partition coefficient (Wildman–Crippen LogP) is 3.70. The SMILES string of the molecule is O=c1oc2ccccc2n(S(=O)(=O)c2ccccc2)c2ccccc2o1. The summed E-state index contributed by atoms with van der Waals surface area (Å²) < 4.78 is 38.3. The third kappa shape index (κ3) is 2.68. The molecule has 26 heavy (non-hydrogen) atoms. The fourth-order valence-electron chi connectivity index (χ4n) is 2.71. The minimum Gasteiger partial charge on any atom is -0.392 e. The Bertz CT molecular complexity index is 1250. The van der Waals surface area contributed by atoms with Crippen LogP contribution in [0.5, 0.6) is 0 Å². The summed E-state index contributed by atoms with van der Waals surface area (Å²) >= 11 is 0. The standard InChI is InChI=1S/C19H13NO5S/c21-19-24-17-12-6-4-10-15(17)20(16-11-5-7-13-18(16)25-19)26(22,23)14-8-2-1-3-9-14/h1-13H. The van der Waals surface area contributed by atoms with Crippen LogP contribution in [-0.2, 0) is 10.0 Å². The summed E-state index contributed by atoms with van der Waals surface area (Å²) in [5.41, 5.74) is 0.624. The van der Waals surface area contributed by atoms with E-state index >= 15 is 0 Å². The van der Waals surface area contributed by atoms with Crippen molar-refractivity contribution >= 4 is 32.2 Å². The van der Waals surface area contributed by atoms with Gasteiger partial charge in [-0.3, -0.25) is 0 Å². The molecule has 0 aliphatic rings. The Labute approximate surface area is 148 Å². The highest BCUT2D eigenvalue weighted by Gasteiger charge is 2.20. The lowest BCUT2D eigenvalue weighted by molar-refractivity contribution is 0.374. The topological polar surface area (TPSA) is 82.4 Å². The number of fused-ring (bicyclic) bond motifs is 2. The van der Waals surface area contributed by atoms with Crippen molar-refractivity contribution in [2.24, 2.45) is 0 Å². The van der Waals surface area contributed by atoms with Crippen LogP contribution in [0.2, 0.25) is 0 Å². The van der Waals surface area contributed by atoms with Gasteiger partial charge in [0.2, 0.25) is 0 Å². The summed E-state index contributed by atoms with van der Waals surface area (Å²) in [6, 6.07) is 20.8. The summed E-state index contributed by atoms with van der Waals surface area (Å²) in [6.07, 6.45) is 0. The quantitative estimate of drug-likeness (QED) is 0.539. The molecule has 0 saturated heterocycles. The molecule has 0 saturated carbocycles. The molecule has 0 aliphatic heterocycles. The minimum atomic E-state index is -3.98. The van der Waals surface area contributed by atoms with Crippen molar-refractivity contribution in [3.05, 3.63) is 89.5 Å². The van der Waals surface area contributed by atoms with Crippen LogP contribution in [-0.4, -0.2) is 12.4 Å². The zero-order valence-electron chi connectivity index (χ0n) is 13.4. The summed E-state index contributed by atoms with van der Waals surface area (Å²) in [5.74, 6) is -0.929. The molecule has 0 spiro atoms. The molecule has 0 fully saturated rings. The van der Waals surface area contributed by atoms with Crippen molar-refractivity contribution in [3.63, 3.8) is 0 Å². The molecule has 130 valence electrons. The van der Waals surface area contributed by atoms with Crippen LogP contribution in [0, 0.1) is 0 Å². The molecule has 6 nitrogen and oxygen atoms in total. The monoisotopic (exact) mass is 367 g/mol. The van der Waals surface area contributed by atoms with E-state index in [1.54, 1.807) is 54.6 Å². The van der Waals surface area contributed by atoms with Gasteiger partial charge in [-0.1, -0.05) is 42.5 Å². The third-order valence-corrected chi connectivity index (χ3v) is 5.58. The van der Waals surface area contributed by atoms with Crippen molar-refractivity contribution in [3.8, 4) is 0 Å². The average molecular weight is 367 g/mol. The second-order valence-electron chi connectivity index (χ2n) is 5.47. The summed E-state index contributed by atoms with van der Waals surface area (Å²) in [4.78, 5) is 12.1. The van der Waals surface area contributed by atoms with Gasteiger partial charge in [-0.2, -0.15) is 0 Å². The van der Waals surface area contributed by atoms with Crippen LogP contribution in [0.3, 0.4) is 0 Å². The molecule has 4 aromatic rings. The van der Waals surface area contributed by atoms with E-state index in [2.05, 4.69) is 0 Å². The Morgan fingerprint density at radius 2 is 1.12 bits per heavy atom. The van der Waals surface area contributed by atoms with Crippen LogP contribution in [0.1, 0.15) is 0 Å². The van der Waals surface area contributed by atoms with Gasteiger partial charge in [-0.05, 0) is 36.4 Å². The molecule has 1 heterocycles. The molecule has 3 aromatic carbocycles.